The van der Waals surface area contributed by atoms with Crippen molar-refractivity contribution in [3.8, 4) is 0 Å². The molecule has 1 aromatic carbocycles. The van der Waals surface area contributed by atoms with E-state index in [4.69, 9.17) is 17.3 Å². The number of carbonyl (C=O) groups excluding carboxylic acids is 2. The summed E-state index contributed by atoms with van der Waals surface area (Å²) in [5, 5.41) is 11.7. The number of carbonyl (C=O) groups is 2. The molecule has 3 amide bonds. The summed E-state index contributed by atoms with van der Waals surface area (Å²) in [6, 6.07) is 7.73. The third kappa shape index (κ3) is 3.63. The Balaban J connectivity index is 1.77. The average molecular weight is 380 g/mol. The summed E-state index contributed by atoms with van der Waals surface area (Å²) >= 11 is 7.22. The molecule has 1 aliphatic heterocycles. The van der Waals surface area contributed by atoms with Gasteiger partial charge >= 0.3 is 6.03 Å². The summed E-state index contributed by atoms with van der Waals surface area (Å²) in [6.07, 6.45) is 0.661. The van der Waals surface area contributed by atoms with Crippen LogP contribution in [0.25, 0.3) is 0 Å². The lowest BCUT2D eigenvalue weighted by molar-refractivity contribution is -0.0851. The summed E-state index contributed by atoms with van der Waals surface area (Å²) in [6.45, 7) is 2.68. The molecular weight excluding hydrogens is 362 g/mol. The molecule has 0 aliphatic carbocycles. The number of hydrogen-bond donors (Lipinski definition) is 2. The highest BCUT2D eigenvalue weighted by atomic mass is 35.5. The van der Waals surface area contributed by atoms with Crippen molar-refractivity contribution >= 4 is 34.9 Å². The van der Waals surface area contributed by atoms with E-state index in [-0.39, 0.29) is 0 Å². The third-order valence-electron chi connectivity index (χ3n) is 4.32. The quantitative estimate of drug-likeness (QED) is 0.632. The molecule has 2 aromatic rings. The molecule has 8 heteroatoms. The Morgan fingerprint density at radius 2 is 2.04 bits per heavy atom. The number of nitrogens with two attached hydrogens (primary N) is 1. The van der Waals surface area contributed by atoms with Crippen LogP contribution in [0.15, 0.2) is 30.3 Å². The van der Waals surface area contributed by atoms with Crippen LogP contribution in [0.5, 0.6) is 0 Å². The van der Waals surface area contributed by atoms with Crippen molar-refractivity contribution in [3.05, 3.63) is 56.2 Å². The Morgan fingerprint density at radius 1 is 1.36 bits per heavy atom. The van der Waals surface area contributed by atoms with Gasteiger partial charge in [0.2, 0.25) is 0 Å². The van der Waals surface area contributed by atoms with Crippen molar-refractivity contribution in [2.75, 3.05) is 6.54 Å². The lowest BCUT2D eigenvalue weighted by Gasteiger charge is -2.24. The van der Waals surface area contributed by atoms with E-state index < -0.39 is 18.0 Å². The smallest absolute Gasteiger partial charge is 0.315 e. The standard InChI is InChI=1S/C17H18ClN3O3S/c1-10(11-2-4-13(18)5-3-11)21(24)16(22)15-8-12-9-20(17(19)23)7-6-14(12)25-15/h2-5,8,10,24H,6-7,9H2,1H3,(H2,19,23)/t10-/m1/s1. The van der Waals surface area contributed by atoms with Crippen LogP contribution in [-0.4, -0.2) is 33.7 Å². The first kappa shape index (κ1) is 17.7. The number of hydroxylamine groups is 2. The van der Waals surface area contributed by atoms with Gasteiger partial charge in [0, 0.05) is 23.0 Å². The van der Waals surface area contributed by atoms with Crippen LogP contribution in [0.2, 0.25) is 5.02 Å². The van der Waals surface area contributed by atoms with E-state index in [0.29, 0.717) is 29.4 Å². The van der Waals surface area contributed by atoms with Crippen LogP contribution < -0.4 is 5.73 Å². The fourth-order valence-electron chi connectivity index (χ4n) is 2.80. The van der Waals surface area contributed by atoms with Gasteiger partial charge in [-0.25, -0.2) is 9.86 Å². The SMILES string of the molecule is C[C@H](c1ccc(Cl)cc1)N(O)C(=O)c1cc2c(s1)CCN(C(N)=O)C2. The van der Waals surface area contributed by atoms with E-state index in [9.17, 15) is 14.8 Å². The normalized spacial score (nSPS) is 14.8. The number of urea groups is 1. The number of hydrogen-bond acceptors (Lipinski definition) is 4. The van der Waals surface area contributed by atoms with Gasteiger partial charge in [-0.15, -0.1) is 11.3 Å². The van der Waals surface area contributed by atoms with Crippen molar-refractivity contribution in [2.45, 2.75) is 25.9 Å². The van der Waals surface area contributed by atoms with Crippen LogP contribution in [-0.2, 0) is 13.0 Å². The summed E-state index contributed by atoms with van der Waals surface area (Å²) in [7, 11) is 0. The molecule has 0 saturated heterocycles. The Bertz CT molecular complexity index is 806. The van der Waals surface area contributed by atoms with E-state index in [2.05, 4.69) is 0 Å². The third-order valence-corrected chi connectivity index (χ3v) is 5.79. The number of halogens is 1. The molecule has 6 nitrogen and oxygen atoms in total. The van der Waals surface area contributed by atoms with Gasteiger partial charge < -0.3 is 10.6 Å². The number of thiophene rings is 1. The molecule has 2 heterocycles. The number of nitrogens with zero attached hydrogens (tertiary/aromatic N) is 2. The predicted octanol–water partition coefficient (Wildman–Crippen LogP) is 3.43. The topological polar surface area (TPSA) is 86.9 Å². The minimum Gasteiger partial charge on any atom is -0.351 e. The molecule has 1 atom stereocenters. The van der Waals surface area contributed by atoms with Crippen molar-refractivity contribution in [3.63, 3.8) is 0 Å². The Hall–Kier alpha value is -2.09. The van der Waals surface area contributed by atoms with Gasteiger partial charge in [0.25, 0.3) is 5.91 Å². The number of fused-ring (bicyclic) bond motifs is 1. The van der Waals surface area contributed by atoms with Gasteiger partial charge in [0.1, 0.15) is 0 Å². The van der Waals surface area contributed by atoms with E-state index in [1.807, 2.05) is 0 Å². The highest BCUT2D eigenvalue weighted by Crippen LogP contribution is 2.30. The minimum absolute atomic E-state index is 0.395. The molecule has 0 spiro atoms. The van der Waals surface area contributed by atoms with Crippen LogP contribution in [0.3, 0.4) is 0 Å². The number of benzene rings is 1. The van der Waals surface area contributed by atoms with Gasteiger partial charge in [-0.05, 0) is 42.7 Å². The molecule has 0 radical (unpaired) electrons. The first-order chi connectivity index (χ1) is 11.9. The first-order valence-corrected chi connectivity index (χ1v) is 9.00. The molecule has 1 aromatic heterocycles. The second kappa shape index (κ2) is 7.03. The second-order valence-electron chi connectivity index (χ2n) is 5.95. The van der Waals surface area contributed by atoms with E-state index in [1.165, 1.54) is 16.2 Å². The molecule has 0 fully saturated rings. The Labute approximate surface area is 154 Å². The minimum atomic E-state index is -0.508. The molecule has 25 heavy (non-hydrogen) atoms. The predicted molar refractivity (Wildman–Crippen MR) is 95.8 cm³/mol. The summed E-state index contributed by atoms with van der Waals surface area (Å²) < 4.78 is 0. The fraction of sp³-hybridized carbons (Fsp3) is 0.294. The van der Waals surface area contributed by atoms with Crippen molar-refractivity contribution in [1.82, 2.24) is 9.96 Å². The Kier molecular flexibility index (Phi) is 4.99. The van der Waals surface area contributed by atoms with Gasteiger partial charge in [-0.1, -0.05) is 23.7 Å². The molecule has 0 unspecified atom stereocenters. The maximum atomic E-state index is 12.6. The van der Waals surface area contributed by atoms with Gasteiger partial charge in [-0.2, -0.15) is 0 Å². The Morgan fingerprint density at radius 3 is 2.68 bits per heavy atom. The molecule has 0 bridgehead atoms. The monoisotopic (exact) mass is 379 g/mol. The zero-order chi connectivity index (χ0) is 18.1. The van der Waals surface area contributed by atoms with E-state index in [0.717, 1.165) is 21.1 Å². The van der Waals surface area contributed by atoms with E-state index >= 15 is 0 Å². The van der Waals surface area contributed by atoms with Crippen molar-refractivity contribution in [1.29, 1.82) is 0 Å². The molecule has 1 aliphatic rings. The van der Waals surface area contributed by atoms with Crippen molar-refractivity contribution < 1.29 is 14.8 Å². The van der Waals surface area contributed by atoms with Crippen LogP contribution in [0, 0.1) is 0 Å². The summed E-state index contributed by atoms with van der Waals surface area (Å²) in [5.74, 6) is -0.465. The van der Waals surface area contributed by atoms with Gasteiger partial charge in [-0.3, -0.25) is 10.0 Å². The number of primary amides is 1. The molecule has 3 N–H and O–H groups in total. The first-order valence-electron chi connectivity index (χ1n) is 7.80. The zero-order valence-corrected chi connectivity index (χ0v) is 15.2. The summed E-state index contributed by atoms with van der Waals surface area (Å²) in [4.78, 5) is 27.0. The van der Waals surface area contributed by atoms with Crippen LogP contribution in [0.1, 0.15) is 38.6 Å². The molecule has 0 saturated carbocycles. The largest absolute Gasteiger partial charge is 0.351 e. The second-order valence-corrected chi connectivity index (χ2v) is 7.52. The van der Waals surface area contributed by atoms with Crippen molar-refractivity contribution in [2.24, 2.45) is 5.73 Å². The fourth-order valence-corrected chi connectivity index (χ4v) is 4.02. The highest BCUT2D eigenvalue weighted by Gasteiger charge is 2.27. The molecular formula is C17H18ClN3O3S. The number of rotatable bonds is 3. The van der Waals surface area contributed by atoms with Gasteiger partial charge in [0.15, 0.2) is 0 Å². The summed E-state index contributed by atoms with van der Waals surface area (Å²) in [5.41, 5.74) is 7.01. The lowest BCUT2D eigenvalue weighted by atomic mass is 10.1. The average Bonchev–Trinajstić information content (AvgIpc) is 3.03. The lowest BCUT2D eigenvalue weighted by Crippen LogP contribution is -2.38. The maximum absolute atomic E-state index is 12.6. The maximum Gasteiger partial charge on any atom is 0.315 e. The highest BCUT2D eigenvalue weighted by molar-refractivity contribution is 7.14. The zero-order valence-electron chi connectivity index (χ0n) is 13.6. The number of amides is 3. The van der Waals surface area contributed by atoms with Gasteiger partial charge in [0.05, 0.1) is 10.9 Å². The van der Waals surface area contributed by atoms with E-state index in [1.54, 1.807) is 37.3 Å². The van der Waals surface area contributed by atoms with Crippen LogP contribution in [0.4, 0.5) is 4.79 Å². The van der Waals surface area contributed by atoms with Crippen LogP contribution >= 0.6 is 22.9 Å². The molecule has 3 rings (SSSR count). The molecule has 132 valence electrons.